The van der Waals surface area contributed by atoms with E-state index >= 15 is 0 Å². The Morgan fingerprint density at radius 3 is 2.88 bits per heavy atom. The summed E-state index contributed by atoms with van der Waals surface area (Å²) in [6, 6.07) is 0. The molecule has 8 heavy (non-hydrogen) atoms. The van der Waals surface area contributed by atoms with Crippen LogP contribution in [-0.2, 0) is 0 Å². The Bertz CT molecular complexity index is 112. The summed E-state index contributed by atoms with van der Waals surface area (Å²) in [5.41, 5.74) is 5.53. The van der Waals surface area contributed by atoms with Gasteiger partial charge in [-0.25, -0.2) is 4.99 Å². The number of likely N-dealkylation sites (N-methyl/N-ethyl adjacent to an activating group) is 1. The molecule has 3 heteroatoms. The summed E-state index contributed by atoms with van der Waals surface area (Å²) in [5, 5.41) is 0. The summed E-state index contributed by atoms with van der Waals surface area (Å²) in [7, 11) is 1.89. The molecule has 3 nitrogen and oxygen atoms in total. The molecule has 1 heterocycles. The number of nitrogens with two attached hydrogens (primary N) is 1. The third-order valence-corrected chi connectivity index (χ3v) is 1.09. The molecule has 1 aliphatic rings. The summed E-state index contributed by atoms with van der Waals surface area (Å²) in [6.45, 7) is 0. The van der Waals surface area contributed by atoms with Gasteiger partial charge in [-0.3, -0.25) is 0 Å². The lowest BCUT2D eigenvalue weighted by molar-refractivity contribution is 0.443. The minimum Gasteiger partial charge on any atom is -0.347 e. The van der Waals surface area contributed by atoms with E-state index in [0.29, 0.717) is 0 Å². The first-order valence-electron chi connectivity index (χ1n) is 2.48. The highest BCUT2D eigenvalue weighted by molar-refractivity contribution is 5.57. The van der Waals surface area contributed by atoms with Crippen molar-refractivity contribution in [3.63, 3.8) is 0 Å². The Labute approximate surface area is 48.5 Å². The maximum Gasteiger partial charge on any atom is 0.0984 e. The van der Waals surface area contributed by atoms with Crippen molar-refractivity contribution >= 4 is 6.34 Å². The van der Waals surface area contributed by atoms with Crippen LogP contribution in [0.25, 0.3) is 0 Å². The molecule has 0 spiro atoms. The van der Waals surface area contributed by atoms with Crippen molar-refractivity contribution in [3.8, 4) is 0 Å². The molecule has 1 aliphatic heterocycles. The topological polar surface area (TPSA) is 41.6 Å². The Morgan fingerprint density at radius 2 is 2.50 bits per heavy atom. The normalized spacial score (nSPS) is 26.8. The molecular formula is C5H9N3. The van der Waals surface area contributed by atoms with E-state index in [-0.39, 0.29) is 6.17 Å². The van der Waals surface area contributed by atoms with Crippen LogP contribution in [0.4, 0.5) is 0 Å². The molecule has 1 atom stereocenters. The standard InChI is InChI=1S/C5H9N3/c1-8-4-7-3-2-5(8)6/h2-5H,6H2,1H3. The summed E-state index contributed by atoms with van der Waals surface area (Å²) < 4.78 is 0. The van der Waals surface area contributed by atoms with E-state index in [1.54, 1.807) is 12.5 Å². The largest absolute Gasteiger partial charge is 0.347 e. The van der Waals surface area contributed by atoms with Gasteiger partial charge in [0.1, 0.15) is 0 Å². The number of nitrogens with zero attached hydrogens (tertiary/aromatic N) is 2. The molecule has 1 rings (SSSR count). The maximum absolute atomic E-state index is 5.53. The molecule has 0 aliphatic carbocycles. The van der Waals surface area contributed by atoms with Crippen molar-refractivity contribution in [2.45, 2.75) is 6.17 Å². The van der Waals surface area contributed by atoms with Crippen molar-refractivity contribution in [3.05, 3.63) is 12.3 Å². The van der Waals surface area contributed by atoms with Gasteiger partial charge in [-0.15, -0.1) is 0 Å². The van der Waals surface area contributed by atoms with Crippen LogP contribution < -0.4 is 5.73 Å². The third kappa shape index (κ3) is 0.869. The summed E-state index contributed by atoms with van der Waals surface area (Å²) in [6.07, 6.45) is 5.24. The van der Waals surface area contributed by atoms with Gasteiger partial charge in [0.05, 0.1) is 12.5 Å². The Hall–Kier alpha value is -0.830. The van der Waals surface area contributed by atoms with Crippen molar-refractivity contribution < 1.29 is 0 Å². The average molecular weight is 111 g/mol. The zero-order chi connectivity index (χ0) is 5.98. The molecule has 44 valence electrons. The van der Waals surface area contributed by atoms with Gasteiger partial charge >= 0.3 is 0 Å². The van der Waals surface area contributed by atoms with E-state index < -0.39 is 0 Å². The molecule has 0 aromatic carbocycles. The molecule has 0 fully saturated rings. The van der Waals surface area contributed by atoms with E-state index in [9.17, 15) is 0 Å². The van der Waals surface area contributed by atoms with Crippen LogP contribution >= 0.6 is 0 Å². The molecule has 0 amide bonds. The highest BCUT2D eigenvalue weighted by Gasteiger charge is 2.01. The molecule has 0 saturated carbocycles. The predicted molar refractivity (Wildman–Crippen MR) is 33.4 cm³/mol. The van der Waals surface area contributed by atoms with Crippen LogP contribution in [0.3, 0.4) is 0 Å². The first-order valence-corrected chi connectivity index (χ1v) is 2.48. The zero-order valence-electron chi connectivity index (χ0n) is 4.78. The molecule has 1 unspecified atom stereocenters. The Morgan fingerprint density at radius 1 is 1.75 bits per heavy atom. The number of rotatable bonds is 0. The fourth-order valence-corrected chi connectivity index (χ4v) is 0.494. The van der Waals surface area contributed by atoms with Crippen LogP contribution in [0.1, 0.15) is 0 Å². The van der Waals surface area contributed by atoms with E-state index in [0.717, 1.165) is 0 Å². The van der Waals surface area contributed by atoms with Gasteiger partial charge in [0.25, 0.3) is 0 Å². The first kappa shape index (κ1) is 5.31. The van der Waals surface area contributed by atoms with E-state index in [1.165, 1.54) is 0 Å². The van der Waals surface area contributed by atoms with Gasteiger partial charge in [-0.2, -0.15) is 0 Å². The predicted octanol–water partition coefficient (Wildman–Crippen LogP) is -0.241. The quantitative estimate of drug-likeness (QED) is 0.468. The average Bonchev–Trinajstić information content (AvgIpc) is 1.77. The monoisotopic (exact) mass is 111 g/mol. The third-order valence-electron chi connectivity index (χ3n) is 1.09. The summed E-state index contributed by atoms with van der Waals surface area (Å²) >= 11 is 0. The second-order valence-corrected chi connectivity index (χ2v) is 1.76. The van der Waals surface area contributed by atoms with Gasteiger partial charge < -0.3 is 10.6 Å². The SMILES string of the molecule is CN1C=NC=CC1N. The highest BCUT2D eigenvalue weighted by atomic mass is 15.2. The Kier molecular flexibility index (Phi) is 1.30. The van der Waals surface area contributed by atoms with Crippen LogP contribution in [0.2, 0.25) is 0 Å². The molecule has 0 bridgehead atoms. The molecule has 2 N–H and O–H groups in total. The highest BCUT2D eigenvalue weighted by Crippen LogP contribution is 1.92. The molecule has 0 saturated heterocycles. The Balaban J connectivity index is 2.59. The minimum atomic E-state index is 0.00694. The van der Waals surface area contributed by atoms with Crippen molar-refractivity contribution in [2.24, 2.45) is 10.7 Å². The molecule has 0 aromatic rings. The van der Waals surface area contributed by atoms with Crippen molar-refractivity contribution in [2.75, 3.05) is 7.05 Å². The van der Waals surface area contributed by atoms with Gasteiger partial charge in [0.2, 0.25) is 0 Å². The van der Waals surface area contributed by atoms with Crippen molar-refractivity contribution in [1.29, 1.82) is 0 Å². The second-order valence-electron chi connectivity index (χ2n) is 1.76. The maximum atomic E-state index is 5.53. The number of hydrogen-bond acceptors (Lipinski definition) is 3. The summed E-state index contributed by atoms with van der Waals surface area (Å²) in [4.78, 5) is 5.68. The van der Waals surface area contributed by atoms with E-state index in [4.69, 9.17) is 5.73 Å². The molecule has 0 radical (unpaired) electrons. The van der Waals surface area contributed by atoms with Gasteiger partial charge in [0, 0.05) is 13.2 Å². The molecule has 0 aromatic heterocycles. The molecular weight excluding hydrogens is 102 g/mol. The van der Waals surface area contributed by atoms with Crippen LogP contribution in [-0.4, -0.2) is 24.5 Å². The van der Waals surface area contributed by atoms with E-state index in [1.807, 2.05) is 18.0 Å². The lowest BCUT2D eigenvalue weighted by atomic mass is 10.4. The zero-order valence-corrected chi connectivity index (χ0v) is 4.78. The first-order chi connectivity index (χ1) is 3.80. The van der Waals surface area contributed by atoms with Crippen LogP contribution in [0.15, 0.2) is 17.3 Å². The lowest BCUT2D eigenvalue weighted by Crippen LogP contribution is -2.37. The summed E-state index contributed by atoms with van der Waals surface area (Å²) in [5.74, 6) is 0. The number of hydrogen-bond donors (Lipinski definition) is 1. The van der Waals surface area contributed by atoms with Gasteiger partial charge in [0.15, 0.2) is 0 Å². The number of aliphatic imine (C=N–C) groups is 1. The fourth-order valence-electron chi connectivity index (χ4n) is 0.494. The lowest BCUT2D eigenvalue weighted by Gasteiger charge is -2.20. The van der Waals surface area contributed by atoms with Gasteiger partial charge in [-0.1, -0.05) is 0 Å². The van der Waals surface area contributed by atoms with Crippen molar-refractivity contribution in [1.82, 2.24) is 4.90 Å². The smallest absolute Gasteiger partial charge is 0.0984 e. The minimum absolute atomic E-state index is 0.00694. The van der Waals surface area contributed by atoms with Crippen LogP contribution in [0, 0.1) is 0 Å². The van der Waals surface area contributed by atoms with Crippen LogP contribution in [0.5, 0.6) is 0 Å². The van der Waals surface area contributed by atoms with Gasteiger partial charge in [-0.05, 0) is 6.08 Å². The second kappa shape index (κ2) is 1.96. The van der Waals surface area contributed by atoms with E-state index in [2.05, 4.69) is 4.99 Å². The fraction of sp³-hybridized carbons (Fsp3) is 0.400.